The fraction of sp³-hybridized carbons (Fsp3) is 0.625. The molecule has 4 N–H and O–H groups in total. The predicted molar refractivity (Wildman–Crippen MR) is 129 cm³/mol. The molecule has 8 nitrogen and oxygen atoms in total. The van der Waals surface area contributed by atoms with Crippen LogP contribution >= 0.6 is 11.6 Å². The van der Waals surface area contributed by atoms with Crippen molar-refractivity contribution in [2.75, 3.05) is 19.6 Å². The molecule has 0 radical (unpaired) electrons. The number of hydrogen-bond acceptors (Lipinski definition) is 4. The fourth-order valence-corrected chi connectivity index (χ4v) is 4.31. The summed E-state index contributed by atoms with van der Waals surface area (Å²) in [5.74, 6) is -0.780. The summed E-state index contributed by atoms with van der Waals surface area (Å²) in [4.78, 5) is 39.2. The fourth-order valence-electron chi connectivity index (χ4n) is 4.18. The Balaban J connectivity index is 2.06. The first-order chi connectivity index (χ1) is 15.3. The number of benzene rings is 1. The van der Waals surface area contributed by atoms with Gasteiger partial charge in [-0.05, 0) is 43.9 Å². The molecule has 184 valence electrons. The van der Waals surface area contributed by atoms with E-state index in [9.17, 15) is 19.5 Å². The minimum atomic E-state index is -1.11. The summed E-state index contributed by atoms with van der Waals surface area (Å²) in [5, 5.41) is 20.0. The van der Waals surface area contributed by atoms with E-state index in [1.165, 1.54) is 0 Å². The number of halogens is 1. The van der Waals surface area contributed by atoms with Gasteiger partial charge in [0.05, 0.1) is 12.1 Å². The number of urea groups is 1. The Hall–Kier alpha value is -2.32. The van der Waals surface area contributed by atoms with Crippen molar-refractivity contribution in [3.63, 3.8) is 0 Å². The molecule has 1 saturated heterocycles. The Morgan fingerprint density at radius 1 is 1.09 bits per heavy atom. The molecule has 0 bridgehead atoms. The zero-order chi connectivity index (χ0) is 25.0. The van der Waals surface area contributed by atoms with Gasteiger partial charge in [0.25, 0.3) is 0 Å². The molecular formula is C24H37ClN4O4. The van der Waals surface area contributed by atoms with Gasteiger partial charge in [0.1, 0.15) is 6.04 Å². The van der Waals surface area contributed by atoms with Crippen molar-refractivity contribution in [3.05, 3.63) is 34.9 Å². The van der Waals surface area contributed by atoms with Crippen molar-refractivity contribution in [1.82, 2.24) is 20.9 Å². The van der Waals surface area contributed by atoms with Gasteiger partial charge in [-0.25, -0.2) is 4.79 Å². The third-order valence-electron chi connectivity index (χ3n) is 6.16. The molecule has 9 heteroatoms. The average Bonchev–Trinajstić information content (AvgIpc) is 2.71. The van der Waals surface area contributed by atoms with Gasteiger partial charge in [-0.1, -0.05) is 51.4 Å². The highest BCUT2D eigenvalue weighted by molar-refractivity contribution is 6.30. The van der Waals surface area contributed by atoms with Crippen LogP contribution < -0.4 is 16.0 Å². The minimum absolute atomic E-state index is 0.0491. The van der Waals surface area contributed by atoms with E-state index in [1.807, 2.05) is 53.7 Å². The Bertz CT molecular complexity index is 857. The number of piperidine rings is 1. The third-order valence-corrected chi connectivity index (χ3v) is 6.41. The molecule has 1 aromatic carbocycles. The van der Waals surface area contributed by atoms with Gasteiger partial charge < -0.3 is 26.0 Å². The summed E-state index contributed by atoms with van der Waals surface area (Å²) < 4.78 is 0. The Morgan fingerprint density at radius 2 is 1.70 bits per heavy atom. The monoisotopic (exact) mass is 480 g/mol. The molecule has 1 aliphatic heterocycles. The van der Waals surface area contributed by atoms with Crippen LogP contribution in [0.3, 0.4) is 0 Å². The van der Waals surface area contributed by atoms with Crippen molar-refractivity contribution in [2.45, 2.75) is 65.6 Å². The number of aliphatic hydroxyl groups is 1. The van der Waals surface area contributed by atoms with Gasteiger partial charge in [-0.2, -0.15) is 0 Å². The number of nitrogens with one attached hydrogen (secondary N) is 3. The maximum Gasteiger partial charge on any atom is 0.315 e. The molecule has 2 atom stereocenters. The first-order valence-electron chi connectivity index (χ1n) is 11.4. The first kappa shape index (κ1) is 26.9. The second-order valence-electron chi connectivity index (χ2n) is 10.0. The van der Waals surface area contributed by atoms with Gasteiger partial charge in [-0.3, -0.25) is 9.59 Å². The lowest BCUT2D eigenvalue weighted by Crippen LogP contribution is -2.61. The number of nitrogens with zero attached hydrogens (tertiary/aromatic N) is 1. The summed E-state index contributed by atoms with van der Waals surface area (Å²) in [7, 11) is 0. The maximum atomic E-state index is 13.4. The van der Waals surface area contributed by atoms with Gasteiger partial charge in [0.2, 0.25) is 11.8 Å². The van der Waals surface area contributed by atoms with E-state index in [-0.39, 0.29) is 24.4 Å². The number of hydrogen-bond donors (Lipinski definition) is 4. The molecule has 1 aromatic rings. The Morgan fingerprint density at radius 3 is 2.21 bits per heavy atom. The van der Waals surface area contributed by atoms with E-state index >= 15 is 0 Å². The van der Waals surface area contributed by atoms with Crippen LogP contribution in [0.4, 0.5) is 4.79 Å². The second kappa shape index (κ2) is 10.7. The number of amides is 4. The van der Waals surface area contributed by atoms with Crippen LogP contribution in [0.25, 0.3) is 0 Å². The normalized spacial score (nSPS) is 21.0. The molecule has 2 rings (SSSR count). The number of likely N-dealkylation sites (tertiary alicyclic amines) is 1. The van der Waals surface area contributed by atoms with E-state index in [1.54, 1.807) is 17.0 Å². The van der Waals surface area contributed by atoms with Gasteiger partial charge in [0.15, 0.2) is 0 Å². The van der Waals surface area contributed by atoms with E-state index in [0.29, 0.717) is 24.5 Å². The van der Waals surface area contributed by atoms with Crippen LogP contribution in [0.5, 0.6) is 0 Å². The van der Waals surface area contributed by atoms with Crippen LogP contribution in [0.15, 0.2) is 24.3 Å². The van der Waals surface area contributed by atoms with Crippen LogP contribution in [0, 0.1) is 11.3 Å². The minimum Gasteiger partial charge on any atom is -0.384 e. The topological polar surface area (TPSA) is 111 Å². The van der Waals surface area contributed by atoms with Crippen molar-refractivity contribution >= 4 is 29.4 Å². The third kappa shape index (κ3) is 6.60. The second-order valence-corrected chi connectivity index (χ2v) is 10.5. The molecule has 33 heavy (non-hydrogen) atoms. The number of carbonyl (C=O) groups excluding carboxylic acids is 3. The molecular weight excluding hydrogens is 444 g/mol. The van der Waals surface area contributed by atoms with Crippen molar-refractivity contribution in [1.29, 1.82) is 0 Å². The molecule has 0 spiro atoms. The lowest BCUT2D eigenvalue weighted by molar-refractivity contribution is -0.156. The van der Waals surface area contributed by atoms with Gasteiger partial charge >= 0.3 is 6.03 Å². The van der Waals surface area contributed by atoms with Crippen molar-refractivity contribution in [3.8, 4) is 0 Å². The molecule has 0 saturated carbocycles. The van der Waals surface area contributed by atoms with Crippen LogP contribution in [-0.2, 0) is 15.2 Å². The number of carbonyl (C=O) groups is 3. The lowest BCUT2D eigenvalue weighted by atomic mass is 9.66. The zero-order valence-corrected chi connectivity index (χ0v) is 21.1. The van der Waals surface area contributed by atoms with Crippen LogP contribution in [0.2, 0.25) is 5.02 Å². The molecule has 0 aliphatic carbocycles. The van der Waals surface area contributed by atoms with Gasteiger partial charge in [0, 0.05) is 29.6 Å². The van der Waals surface area contributed by atoms with Gasteiger partial charge in [-0.15, -0.1) is 0 Å². The largest absolute Gasteiger partial charge is 0.384 e. The standard InChI is InChI=1S/C24H37ClN4O4/c1-15(2)20(28-19(30)13-26-22(32)27-16(3)4)21(31)29-12-11-24(33,23(5,6)14-29)17-7-9-18(25)10-8-17/h7-10,15-16,20,33H,11-14H2,1-6H3,(H,28,30)(H2,26,27,32)/t20-,24+/m1/s1. The highest BCUT2D eigenvalue weighted by atomic mass is 35.5. The molecule has 1 fully saturated rings. The van der Waals surface area contributed by atoms with Crippen molar-refractivity contribution in [2.24, 2.45) is 11.3 Å². The first-order valence-corrected chi connectivity index (χ1v) is 11.8. The van der Waals surface area contributed by atoms with Crippen molar-refractivity contribution < 1.29 is 19.5 Å². The molecule has 0 unspecified atom stereocenters. The molecule has 1 aliphatic rings. The molecule has 4 amide bonds. The summed E-state index contributed by atoms with van der Waals surface area (Å²) >= 11 is 6.00. The Kier molecular flexibility index (Phi) is 8.76. The highest BCUT2D eigenvalue weighted by Crippen LogP contribution is 2.46. The average molecular weight is 481 g/mol. The molecule has 1 heterocycles. The quantitative estimate of drug-likeness (QED) is 0.480. The van der Waals surface area contributed by atoms with E-state index in [0.717, 1.165) is 5.56 Å². The SMILES string of the molecule is CC(C)NC(=O)NCC(=O)N[C@@H](C(=O)N1CC[C@](O)(c2ccc(Cl)cc2)C(C)(C)C1)C(C)C. The predicted octanol–water partition coefficient (Wildman–Crippen LogP) is 2.63. The van der Waals surface area contributed by atoms with E-state index in [2.05, 4.69) is 16.0 Å². The van der Waals surface area contributed by atoms with E-state index in [4.69, 9.17) is 11.6 Å². The summed E-state index contributed by atoms with van der Waals surface area (Å²) in [6, 6.07) is 5.93. The van der Waals surface area contributed by atoms with Crippen LogP contribution in [0.1, 0.15) is 53.5 Å². The summed E-state index contributed by atoms with van der Waals surface area (Å²) in [6.45, 7) is 11.7. The zero-order valence-electron chi connectivity index (χ0n) is 20.4. The van der Waals surface area contributed by atoms with E-state index < -0.39 is 29.0 Å². The summed E-state index contributed by atoms with van der Waals surface area (Å²) in [6.07, 6.45) is 0.364. The molecule has 0 aromatic heterocycles. The highest BCUT2D eigenvalue weighted by Gasteiger charge is 2.50. The smallest absolute Gasteiger partial charge is 0.315 e. The van der Waals surface area contributed by atoms with Crippen LogP contribution in [-0.4, -0.2) is 59.6 Å². The Labute approximate surface area is 201 Å². The maximum absolute atomic E-state index is 13.4. The lowest BCUT2D eigenvalue weighted by Gasteiger charge is -2.51. The number of rotatable bonds is 7. The summed E-state index contributed by atoms with van der Waals surface area (Å²) in [5.41, 5.74) is -0.974.